The number of carbonyl (C=O) groups excluding carboxylic acids is 1. The van der Waals surface area contributed by atoms with Crippen LogP contribution in [0.4, 0.5) is 4.39 Å². The Bertz CT molecular complexity index is 488. The molecule has 0 radical (unpaired) electrons. The van der Waals surface area contributed by atoms with Crippen molar-refractivity contribution in [2.24, 2.45) is 4.99 Å². The molecule has 17 heavy (non-hydrogen) atoms. The average molecular weight is 235 g/mol. The van der Waals surface area contributed by atoms with Gasteiger partial charge >= 0.3 is 0 Å². The monoisotopic (exact) mass is 235 g/mol. The molecule has 1 aliphatic rings. The molecule has 0 bridgehead atoms. The second kappa shape index (κ2) is 4.30. The number of methoxy groups -OCH3 is 1. The molecule has 1 saturated carbocycles. The Morgan fingerprint density at radius 1 is 1.47 bits per heavy atom. The van der Waals surface area contributed by atoms with E-state index in [1.54, 1.807) is 19.1 Å². The zero-order chi connectivity index (χ0) is 12.5. The fourth-order valence-electron chi connectivity index (χ4n) is 2.34. The molecule has 0 heterocycles. The lowest BCUT2D eigenvalue weighted by molar-refractivity contribution is 0.245. The number of hydrogen-bond donors (Lipinski definition) is 0. The summed E-state index contributed by atoms with van der Waals surface area (Å²) in [4.78, 5) is 14.4. The number of isocyanates is 1. The highest BCUT2D eigenvalue weighted by molar-refractivity contribution is 5.49. The molecule has 0 spiro atoms. The van der Waals surface area contributed by atoms with Gasteiger partial charge in [0.2, 0.25) is 6.08 Å². The van der Waals surface area contributed by atoms with Crippen LogP contribution >= 0.6 is 0 Å². The molecule has 1 fully saturated rings. The molecule has 2 rings (SSSR count). The van der Waals surface area contributed by atoms with Gasteiger partial charge in [-0.3, -0.25) is 0 Å². The van der Waals surface area contributed by atoms with Crippen LogP contribution in [0.1, 0.15) is 30.4 Å². The number of benzene rings is 1. The number of ether oxygens (including phenoxy) is 1. The van der Waals surface area contributed by atoms with Crippen LogP contribution in [0.25, 0.3) is 0 Å². The molecule has 0 aliphatic heterocycles. The van der Waals surface area contributed by atoms with Crippen LogP contribution in [0, 0.1) is 12.7 Å². The van der Waals surface area contributed by atoms with Gasteiger partial charge in [0.15, 0.2) is 0 Å². The minimum absolute atomic E-state index is 0.310. The topological polar surface area (TPSA) is 38.7 Å². The van der Waals surface area contributed by atoms with Crippen molar-refractivity contribution in [3.8, 4) is 5.75 Å². The smallest absolute Gasteiger partial charge is 0.235 e. The van der Waals surface area contributed by atoms with Crippen LogP contribution in [0.5, 0.6) is 5.75 Å². The molecular weight excluding hydrogens is 221 g/mol. The summed E-state index contributed by atoms with van der Waals surface area (Å²) < 4.78 is 18.7. The predicted molar refractivity (Wildman–Crippen MR) is 61.3 cm³/mol. The number of nitrogens with zero attached hydrogens (tertiary/aromatic N) is 1. The fraction of sp³-hybridized carbons (Fsp3) is 0.462. The first-order valence-electron chi connectivity index (χ1n) is 5.57. The number of halogens is 1. The summed E-state index contributed by atoms with van der Waals surface area (Å²) in [7, 11) is 1.50. The predicted octanol–water partition coefficient (Wildman–Crippen LogP) is 2.86. The molecule has 0 N–H and O–H groups in total. The van der Waals surface area contributed by atoms with E-state index in [-0.39, 0.29) is 5.82 Å². The van der Waals surface area contributed by atoms with Gasteiger partial charge in [-0.2, -0.15) is 4.99 Å². The fourth-order valence-corrected chi connectivity index (χ4v) is 2.34. The van der Waals surface area contributed by atoms with Gasteiger partial charge in [-0.1, -0.05) is 0 Å². The third-order valence-electron chi connectivity index (χ3n) is 3.49. The Balaban J connectivity index is 2.58. The normalized spacial score (nSPS) is 16.9. The van der Waals surface area contributed by atoms with Crippen LogP contribution in [0.15, 0.2) is 17.1 Å². The number of aliphatic imine (C=N–C) groups is 1. The second-order valence-electron chi connectivity index (χ2n) is 4.34. The summed E-state index contributed by atoms with van der Waals surface area (Å²) in [6.45, 7) is 1.66. The van der Waals surface area contributed by atoms with Crippen molar-refractivity contribution in [2.75, 3.05) is 7.11 Å². The quantitative estimate of drug-likeness (QED) is 0.597. The molecule has 4 heteroatoms. The van der Waals surface area contributed by atoms with Crippen molar-refractivity contribution < 1.29 is 13.9 Å². The highest BCUT2D eigenvalue weighted by Crippen LogP contribution is 2.48. The Morgan fingerprint density at radius 3 is 2.65 bits per heavy atom. The number of hydrogen-bond acceptors (Lipinski definition) is 3. The summed E-state index contributed by atoms with van der Waals surface area (Å²) in [5.74, 6) is 0.179. The van der Waals surface area contributed by atoms with Crippen LogP contribution in [0.3, 0.4) is 0 Å². The lowest BCUT2D eigenvalue weighted by Gasteiger charge is -2.38. The van der Waals surface area contributed by atoms with E-state index >= 15 is 0 Å². The van der Waals surface area contributed by atoms with Gasteiger partial charge in [0.05, 0.1) is 7.11 Å². The average Bonchev–Trinajstić information content (AvgIpc) is 2.27. The van der Waals surface area contributed by atoms with E-state index in [2.05, 4.69) is 4.99 Å². The lowest BCUT2D eigenvalue weighted by atomic mass is 9.71. The van der Waals surface area contributed by atoms with Gasteiger partial charge in [-0.25, -0.2) is 9.18 Å². The van der Waals surface area contributed by atoms with Gasteiger partial charge in [0.25, 0.3) is 0 Å². The lowest BCUT2D eigenvalue weighted by Crippen LogP contribution is -2.32. The number of rotatable bonds is 3. The van der Waals surface area contributed by atoms with Gasteiger partial charge in [-0.05, 0) is 38.3 Å². The maximum Gasteiger partial charge on any atom is 0.235 e. The van der Waals surface area contributed by atoms with Crippen molar-refractivity contribution in [1.29, 1.82) is 0 Å². The summed E-state index contributed by atoms with van der Waals surface area (Å²) >= 11 is 0. The first-order valence-corrected chi connectivity index (χ1v) is 5.57. The summed E-state index contributed by atoms with van der Waals surface area (Å²) in [5.41, 5.74) is 0.692. The van der Waals surface area contributed by atoms with Crippen molar-refractivity contribution in [2.45, 2.75) is 31.7 Å². The Hall–Kier alpha value is -1.67. The Kier molecular flexibility index (Phi) is 2.99. The molecule has 1 aromatic rings. The van der Waals surface area contributed by atoms with E-state index in [0.29, 0.717) is 11.3 Å². The van der Waals surface area contributed by atoms with E-state index < -0.39 is 5.54 Å². The zero-order valence-electron chi connectivity index (χ0n) is 9.92. The van der Waals surface area contributed by atoms with Crippen molar-refractivity contribution in [1.82, 2.24) is 0 Å². The van der Waals surface area contributed by atoms with Gasteiger partial charge < -0.3 is 4.74 Å². The highest BCUT2D eigenvalue weighted by Gasteiger charge is 2.41. The van der Waals surface area contributed by atoms with Gasteiger partial charge in [-0.15, -0.1) is 0 Å². The molecule has 0 unspecified atom stereocenters. The summed E-state index contributed by atoms with van der Waals surface area (Å²) in [5, 5.41) is 0. The minimum Gasteiger partial charge on any atom is -0.496 e. The van der Waals surface area contributed by atoms with Crippen LogP contribution in [-0.4, -0.2) is 13.2 Å². The molecule has 0 atom stereocenters. The molecule has 1 aliphatic carbocycles. The second-order valence-corrected chi connectivity index (χ2v) is 4.34. The third kappa shape index (κ3) is 1.75. The first-order chi connectivity index (χ1) is 8.14. The molecule has 0 amide bonds. The molecule has 0 saturated heterocycles. The maximum atomic E-state index is 13.5. The Morgan fingerprint density at radius 2 is 2.18 bits per heavy atom. The summed E-state index contributed by atoms with van der Waals surface area (Å²) in [6, 6.07) is 3.05. The molecule has 3 nitrogen and oxygen atoms in total. The van der Waals surface area contributed by atoms with Crippen molar-refractivity contribution in [3.05, 3.63) is 29.1 Å². The highest BCUT2D eigenvalue weighted by atomic mass is 19.1. The zero-order valence-corrected chi connectivity index (χ0v) is 9.92. The van der Waals surface area contributed by atoms with Crippen LogP contribution in [0.2, 0.25) is 0 Å². The molecular formula is C13H14FNO2. The van der Waals surface area contributed by atoms with Crippen molar-refractivity contribution in [3.63, 3.8) is 0 Å². The van der Waals surface area contributed by atoms with Gasteiger partial charge in [0.1, 0.15) is 17.1 Å². The molecule has 90 valence electrons. The first kappa shape index (κ1) is 11.8. The third-order valence-corrected chi connectivity index (χ3v) is 3.49. The maximum absolute atomic E-state index is 13.5. The molecule has 0 aromatic heterocycles. The SMILES string of the molecule is COc1c(C2(N=C=O)CCC2)ccc(F)c1C. The van der Waals surface area contributed by atoms with Crippen LogP contribution in [-0.2, 0) is 10.3 Å². The largest absolute Gasteiger partial charge is 0.496 e. The standard InChI is InChI=1S/C13H14FNO2/c1-9-11(14)5-4-10(12(9)17-2)13(15-8-16)6-3-7-13/h4-5H,3,6-7H2,1-2H3. The van der Waals surface area contributed by atoms with Crippen LogP contribution < -0.4 is 4.74 Å². The minimum atomic E-state index is -0.550. The van der Waals surface area contributed by atoms with E-state index in [1.807, 2.05) is 0 Å². The summed E-state index contributed by atoms with van der Waals surface area (Å²) in [6.07, 6.45) is 4.19. The molecule has 1 aromatic carbocycles. The Labute approximate surface area is 99.3 Å². The van der Waals surface area contributed by atoms with E-state index in [4.69, 9.17) is 4.74 Å². The van der Waals surface area contributed by atoms with Crippen molar-refractivity contribution >= 4 is 6.08 Å². The van der Waals surface area contributed by atoms with E-state index in [0.717, 1.165) is 24.8 Å². The van der Waals surface area contributed by atoms with E-state index in [1.165, 1.54) is 13.2 Å². The van der Waals surface area contributed by atoms with Gasteiger partial charge in [0, 0.05) is 11.1 Å². The van der Waals surface area contributed by atoms with E-state index in [9.17, 15) is 9.18 Å².